The van der Waals surface area contributed by atoms with Gasteiger partial charge < -0.3 is 9.26 Å². The fourth-order valence-corrected chi connectivity index (χ4v) is 1.28. The lowest BCUT2D eigenvalue weighted by Crippen LogP contribution is -2.09. The highest BCUT2D eigenvalue weighted by Crippen LogP contribution is 2.13. The molecule has 0 aliphatic carbocycles. The van der Waals surface area contributed by atoms with Crippen LogP contribution in [0.1, 0.15) is 36.8 Å². The van der Waals surface area contributed by atoms with Crippen LogP contribution in [0.3, 0.4) is 0 Å². The first kappa shape index (κ1) is 11.8. The Labute approximate surface area is 89.6 Å². The molecule has 1 aromatic heterocycles. The molecule has 0 unspecified atom stereocenters. The fourth-order valence-electron chi connectivity index (χ4n) is 1.28. The predicted octanol–water partition coefficient (Wildman–Crippen LogP) is 2.18. The Balaban J connectivity index is 2.44. The minimum Gasteiger partial charge on any atom is -0.465 e. The Hall–Kier alpha value is -1.32. The maximum atomic E-state index is 11.4. The van der Waals surface area contributed by atoms with E-state index >= 15 is 0 Å². The molecule has 0 atom stereocenters. The number of nitrogens with zero attached hydrogens (tertiary/aromatic N) is 1. The van der Waals surface area contributed by atoms with E-state index in [2.05, 4.69) is 12.1 Å². The summed E-state index contributed by atoms with van der Waals surface area (Å²) in [6.45, 7) is 6.18. The molecule has 1 rings (SSSR count). The number of aryl methyl sites for hydroxylation is 2. The van der Waals surface area contributed by atoms with E-state index in [1.807, 2.05) is 6.92 Å². The Morgan fingerprint density at radius 3 is 2.73 bits per heavy atom. The van der Waals surface area contributed by atoms with E-state index in [1.54, 1.807) is 6.92 Å². The third-order valence-corrected chi connectivity index (χ3v) is 2.26. The summed E-state index contributed by atoms with van der Waals surface area (Å²) in [5.41, 5.74) is 1.61. The molecule has 15 heavy (non-hydrogen) atoms. The molecule has 0 bridgehead atoms. The van der Waals surface area contributed by atoms with Gasteiger partial charge in [-0.05, 0) is 20.3 Å². The minimum absolute atomic E-state index is 0.210. The molecule has 0 saturated heterocycles. The van der Waals surface area contributed by atoms with Crippen molar-refractivity contribution in [3.05, 3.63) is 17.0 Å². The lowest BCUT2D eigenvalue weighted by molar-refractivity contribution is -0.142. The van der Waals surface area contributed by atoms with Crippen molar-refractivity contribution in [1.82, 2.24) is 5.16 Å². The molecule has 4 nitrogen and oxygen atoms in total. The molecule has 0 spiro atoms. The molecule has 0 radical (unpaired) electrons. The van der Waals surface area contributed by atoms with Crippen LogP contribution in [0.2, 0.25) is 0 Å². The van der Waals surface area contributed by atoms with Crippen LogP contribution in [0.5, 0.6) is 0 Å². The smallest absolute Gasteiger partial charge is 0.310 e. The van der Waals surface area contributed by atoms with E-state index in [-0.39, 0.29) is 12.4 Å². The summed E-state index contributed by atoms with van der Waals surface area (Å²) in [5, 5.41) is 3.78. The van der Waals surface area contributed by atoms with Gasteiger partial charge >= 0.3 is 5.97 Å². The number of aromatic nitrogens is 1. The van der Waals surface area contributed by atoms with E-state index < -0.39 is 0 Å². The van der Waals surface area contributed by atoms with Crippen LogP contribution in [-0.4, -0.2) is 17.7 Å². The number of carbonyl (C=O) groups is 1. The zero-order chi connectivity index (χ0) is 11.3. The van der Waals surface area contributed by atoms with E-state index in [4.69, 9.17) is 9.26 Å². The van der Waals surface area contributed by atoms with Gasteiger partial charge in [0.05, 0.1) is 18.7 Å². The highest BCUT2D eigenvalue weighted by atomic mass is 16.5. The molecule has 0 fully saturated rings. The normalized spacial score (nSPS) is 10.3. The second kappa shape index (κ2) is 5.53. The number of hydrogen-bond donors (Lipinski definition) is 0. The largest absolute Gasteiger partial charge is 0.465 e. The van der Waals surface area contributed by atoms with Crippen LogP contribution in [0, 0.1) is 13.8 Å². The molecule has 1 heterocycles. The third-order valence-electron chi connectivity index (χ3n) is 2.26. The highest BCUT2D eigenvalue weighted by molar-refractivity contribution is 5.73. The van der Waals surface area contributed by atoms with E-state index in [0.29, 0.717) is 12.4 Å². The summed E-state index contributed by atoms with van der Waals surface area (Å²) >= 11 is 0. The summed E-state index contributed by atoms with van der Waals surface area (Å²) in [4.78, 5) is 11.4. The quantitative estimate of drug-likeness (QED) is 0.553. The maximum absolute atomic E-state index is 11.4. The van der Waals surface area contributed by atoms with Crippen LogP contribution >= 0.6 is 0 Å². The number of unbranched alkanes of at least 4 members (excludes halogenated alkanes) is 1. The van der Waals surface area contributed by atoms with Crippen LogP contribution < -0.4 is 0 Å². The second-order valence-corrected chi connectivity index (χ2v) is 3.55. The van der Waals surface area contributed by atoms with Gasteiger partial charge in [0.15, 0.2) is 0 Å². The first-order valence-electron chi connectivity index (χ1n) is 5.22. The lowest BCUT2D eigenvalue weighted by atomic mass is 10.1. The lowest BCUT2D eigenvalue weighted by Gasteiger charge is -2.02. The first-order valence-corrected chi connectivity index (χ1v) is 5.22. The minimum atomic E-state index is -0.210. The van der Waals surface area contributed by atoms with Gasteiger partial charge in [0.1, 0.15) is 5.76 Å². The topological polar surface area (TPSA) is 52.3 Å². The molecule has 0 N–H and O–H groups in total. The third kappa shape index (κ3) is 3.38. The standard InChI is InChI=1S/C11H17NO3/c1-4-5-6-14-11(13)7-10-8(2)12-15-9(10)3/h4-7H2,1-3H3. The summed E-state index contributed by atoms with van der Waals surface area (Å²) in [6.07, 6.45) is 2.19. The van der Waals surface area contributed by atoms with Crippen molar-refractivity contribution >= 4 is 5.97 Å². The van der Waals surface area contributed by atoms with Crippen molar-refractivity contribution in [3.8, 4) is 0 Å². The van der Waals surface area contributed by atoms with E-state index in [0.717, 1.165) is 24.1 Å². The molecule has 0 aliphatic rings. The molecule has 0 amide bonds. The molecule has 0 aliphatic heterocycles. The Morgan fingerprint density at radius 1 is 1.47 bits per heavy atom. The van der Waals surface area contributed by atoms with Gasteiger partial charge in [-0.15, -0.1) is 0 Å². The van der Waals surface area contributed by atoms with Crippen molar-refractivity contribution < 1.29 is 14.1 Å². The number of hydrogen-bond acceptors (Lipinski definition) is 4. The monoisotopic (exact) mass is 211 g/mol. The molecular weight excluding hydrogens is 194 g/mol. The highest BCUT2D eigenvalue weighted by Gasteiger charge is 2.13. The molecular formula is C11H17NO3. The molecule has 84 valence electrons. The summed E-state index contributed by atoms with van der Waals surface area (Å²) in [7, 11) is 0. The Bertz CT molecular complexity index is 311. The number of ether oxygens (including phenoxy) is 1. The molecule has 4 heteroatoms. The van der Waals surface area contributed by atoms with Gasteiger partial charge in [-0.25, -0.2) is 0 Å². The Morgan fingerprint density at radius 2 is 2.20 bits per heavy atom. The summed E-state index contributed by atoms with van der Waals surface area (Å²) < 4.78 is 10.0. The average Bonchev–Trinajstić information content (AvgIpc) is 2.50. The SMILES string of the molecule is CCCCOC(=O)Cc1c(C)noc1C. The summed E-state index contributed by atoms with van der Waals surface area (Å²) in [6, 6.07) is 0. The van der Waals surface area contributed by atoms with Gasteiger partial charge in [-0.1, -0.05) is 18.5 Å². The van der Waals surface area contributed by atoms with Gasteiger partial charge in [-0.2, -0.15) is 0 Å². The average molecular weight is 211 g/mol. The Kier molecular flexibility index (Phi) is 4.34. The van der Waals surface area contributed by atoms with Crippen molar-refractivity contribution in [2.45, 2.75) is 40.0 Å². The van der Waals surface area contributed by atoms with Crippen LogP contribution in [-0.2, 0) is 16.0 Å². The van der Waals surface area contributed by atoms with Gasteiger partial charge in [0.25, 0.3) is 0 Å². The maximum Gasteiger partial charge on any atom is 0.310 e. The van der Waals surface area contributed by atoms with Gasteiger partial charge in [0.2, 0.25) is 0 Å². The van der Waals surface area contributed by atoms with Crippen molar-refractivity contribution in [2.75, 3.05) is 6.61 Å². The summed E-state index contributed by atoms with van der Waals surface area (Å²) in [5.74, 6) is 0.484. The zero-order valence-electron chi connectivity index (χ0n) is 9.50. The second-order valence-electron chi connectivity index (χ2n) is 3.55. The van der Waals surface area contributed by atoms with Crippen LogP contribution in [0.15, 0.2) is 4.52 Å². The van der Waals surface area contributed by atoms with E-state index in [1.165, 1.54) is 0 Å². The molecule has 0 saturated carbocycles. The van der Waals surface area contributed by atoms with Gasteiger partial charge in [-0.3, -0.25) is 4.79 Å². The fraction of sp³-hybridized carbons (Fsp3) is 0.636. The van der Waals surface area contributed by atoms with E-state index in [9.17, 15) is 4.79 Å². The van der Waals surface area contributed by atoms with Crippen LogP contribution in [0.4, 0.5) is 0 Å². The van der Waals surface area contributed by atoms with Crippen LogP contribution in [0.25, 0.3) is 0 Å². The number of rotatable bonds is 5. The first-order chi connectivity index (χ1) is 7.15. The number of carbonyl (C=O) groups excluding carboxylic acids is 1. The van der Waals surface area contributed by atoms with Gasteiger partial charge in [0, 0.05) is 5.56 Å². The molecule has 0 aromatic carbocycles. The molecule has 1 aromatic rings. The van der Waals surface area contributed by atoms with Crippen molar-refractivity contribution in [2.24, 2.45) is 0 Å². The zero-order valence-corrected chi connectivity index (χ0v) is 9.50. The van der Waals surface area contributed by atoms with Crippen molar-refractivity contribution in [1.29, 1.82) is 0 Å². The predicted molar refractivity (Wildman–Crippen MR) is 55.5 cm³/mol. The van der Waals surface area contributed by atoms with Crippen molar-refractivity contribution in [3.63, 3.8) is 0 Å². The number of esters is 1.